The number of rotatable bonds is 2. The quantitative estimate of drug-likeness (QED) is 0.607. The molecule has 0 saturated heterocycles. The third kappa shape index (κ3) is 2.75. The van der Waals surface area contributed by atoms with Crippen molar-refractivity contribution in [2.75, 3.05) is 14.2 Å². The molecule has 66 valence electrons. The first-order chi connectivity index (χ1) is 4.93. The first kappa shape index (κ1) is 10.2. The second kappa shape index (κ2) is 3.56. The number of esters is 1. The SMILES string of the molecule is CNC(C(=O)OC)C(F)(F)F. The summed E-state index contributed by atoms with van der Waals surface area (Å²) in [6.45, 7) is 0. The van der Waals surface area contributed by atoms with Gasteiger partial charge in [0.2, 0.25) is 6.04 Å². The lowest BCUT2D eigenvalue weighted by Crippen LogP contribution is -2.47. The Bertz CT molecular complexity index is 145. The Balaban J connectivity index is 4.29. The fourth-order valence-electron chi connectivity index (χ4n) is 0.533. The average molecular weight is 171 g/mol. The van der Waals surface area contributed by atoms with Crippen LogP contribution in [0.1, 0.15) is 0 Å². The number of hydrogen-bond acceptors (Lipinski definition) is 3. The van der Waals surface area contributed by atoms with Crippen LogP contribution in [-0.2, 0) is 9.53 Å². The Morgan fingerprint density at radius 2 is 2.00 bits per heavy atom. The lowest BCUT2D eigenvalue weighted by atomic mass is 10.3. The molecule has 0 aromatic carbocycles. The molecule has 1 unspecified atom stereocenters. The van der Waals surface area contributed by atoms with E-state index in [1.807, 2.05) is 0 Å². The first-order valence-electron chi connectivity index (χ1n) is 2.75. The molecular weight excluding hydrogens is 163 g/mol. The summed E-state index contributed by atoms with van der Waals surface area (Å²) in [5.41, 5.74) is 0. The largest absolute Gasteiger partial charge is 0.468 e. The summed E-state index contributed by atoms with van der Waals surface area (Å²) >= 11 is 0. The van der Waals surface area contributed by atoms with Gasteiger partial charge in [-0.05, 0) is 7.05 Å². The van der Waals surface area contributed by atoms with E-state index in [1.165, 1.54) is 0 Å². The molecule has 0 bridgehead atoms. The van der Waals surface area contributed by atoms with Crippen LogP contribution in [0.15, 0.2) is 0 Å². The third-order valence-electron chi connectivity index (χ3n) is 1.05. The number of ether oxygens (including phenoxy) is 1. The van der Waals surface area contributed by atoms with E-state index < -0.39 is 18.2 Å². The Hall–Kier alpha value is -0.780. The molecule has 0 radical (unpaired) electrons. The highest BCUT2D eigenvalue weighted by molar-refractivity contribution is 5.76. The smallest absolute Gasteiger partial charge is 0.414 e. The molecule has 0 heterocycles. The topological polar surface area (TPSA) is 38.3 Å². The summed E-state index contributed by atoms with van der Waals surface area (Å²) in [5, 5.41) is 1.79. The van der Waals surface area contributed by atoms with E-state index in [2.05, 4.69) is 4.74 Å². The van der Waals surface area contributed by atoms with Crippen molar-refractivity contribution in [3.63, 3.8) is 0 Å². The molecule has 0 aromatic heterocycles. The molecule has 0 amide bonds. The summed E-state index contributed by atoms with van der Waals surface area (Å²) in [6.07, 6.45) is -4.60. The second-order valence-corrected chi connectivity index (χ2v) is 1.79. The van der Waals surface area contributed by atoms with Crippen LogP contribution in [0.4, 0.5) is 13.2 Å². The van der Waals surface area contributed by atoms with E-state index in [1.54, 1.807) is 5.32 Å². The summed E-state index contributed by atoms with van der Waals surface area (Å²) in [7, 11) is 1.94. The lowest BCUT2D eigenvalue weighted by molar-refractivity contribution is -0.181. The van der Waals surface area contributed by atoms with Gasteiger partial charge in [-0.2, -0.15) is 13.2 Å². The van der Waals surface area contributed by atoms with Crippen LogP contribution in [0.2, 0.25) is 0 Å². The zero-order valence-corrected chi connectivity index (χ0v) is 6.03. The molecule has 0 aliphatic carbocycles. The van der Waals surface area contributed by atoms with Crippen LogP contribution in [0.3, 0.4) is 0 Å². The predicted molar refractivity (Wildman–Crippen MR) is 30.9 cm³/mol. The monoisotopic (exact) mass is 171 g/mol. The van der Waals surface area contributed by atoms with Crippen molar-refractivity contribution in [2.24, 2.45) is 0 Å². The van der Waals surface area contributed by atoms with Gasteiger partial charge >= 0.3 is 12.1 Å². The standard InChI is InChI=1S/C5H8F3NO2/c1-9-3(4(10)11-2)5(6,7)8/h3,9H,1-2H3. The number of nitrogens with one attached hydrogen (secondary N) is 1. The van der Waals surface area contributed by atoms with Gasteiger partial charge in [-0.25, -0.2) is 0 Å². The zero-order valence-electron chi connectivity index (χ0n) is 6.03. The number of carbonyl (C=O) groups excluding carboxylic acids is 1. The maximum Gasteiger partial charge on any atom is 0.414 e. The number of likely N-dealkylation sites (N-methyl/N-ethyl adjacent to an activating group) is 1. The highest BCUT2D eigenvalue weighted by Crippen LogP contribution is 2.20. The molecular formula is C5H8F3NO2. The van der Waals surface area contributed by atoms with Crippen molar-refractivity contribution in [3.8, 4) is 0 Å². The van der Waals surface area contributed by atoms with Crippen LogP contribution in [0.5, 0.6) is 0 Å². The lowest BCUT2D eigenvalue weighted by Gasteiger charge is -2.16. The summed E-state index contributed by atoms with van der Waals surface area (Å²) < 4.78 is 39.3. The number of methoxy groups -OCH3 is 1. The second-order valence-electron chi connectivity index (χ2n) is 1.79. The fraction of sp³-hybridized carbons (Fsp3) is 0.800. The maximum atomic E-state index is 11.8. The molecule has 6 heteroatoms. The van der Waals surface area contributed by atoms with Gasteiger partial charge in [0.1, 0.15) is 0 Å². The van der Waals surface area contributed by atoms with Gasteiger partial charge in [-0.1, -0.05) is 0 Å². The minimum Gasteiger partial charge on any atom is -0.468 e. The zero-order chi connectivity index (χ0) is 9.07. The van der Waals surface area contributed by atoms with Crippen molar-refractivity contribution < 1.29 is 22.7 Å². The highest BCUT2D eigenvalue weighted by Gasteiger charge is 2.44. The van der Waals surface area contributed by atoms with Gasteiger partial charge in [0, 0.05) is 0 Å². The van der Waals surface area contributed by atoms with E-state index in [0.29, 0.717) is 0 Å². The Morgan fingerprint density at radius 1 is 1.55 bits per heavy atom. The third-order valence-corrected chi connectivity index (χ3v) is 1.05. The number of hydrogen-bond donors (Lipinski definition) is 1. The molecule has 1 atom stereocenters. The highest BCUT2D eigenvalue weighted by atomic mass is 19.4. The van der Waals surface area contributed by atoms with Gasteiger partial charge in [-0.15, -0.1) is 0 Å². The molecule has 0 fully saturated rings. The van der Waals surface area contributed by atoms with Gasteiger partial charge in [0.25, 0.3) is 0 Å². The van der Waals surface area contributed by atoms with Crippen molar-refractivity contribution in [3.05, 3.63) is 0 Å². The predicted octanol–water partition coefficient (Wildman–Crippen LogP) is 0.310. The van der Waals surface area contributed by atoms with E-state index in [9.17, 15) is 18.0 Å². The van der Waals surface area contributed by atoms with Crippen LogP contribution in [0, 0.1) is 0 Å². The van der Waals surface area contributed by atoms with Gasteiger partial charge in [0.05, 0.1) is 7.11 Å². The fourth-order valence-corrected chi connectivity index (χ4v) is 0.533. The first-order valence-corrected chi connectivity index (χ1v) is 2.75. The molecule has 11 heavy (non-hydrogen) atoms. The van der Waals surface area contributed by atoms with E-state index >= 15 is 0 Å². The van der Waals surface area contributed by atoms with Crippen molar-refractivity contribution >= 4 is 5.97 Å². The van der Waals surface area contributed by atoms with E-state index in [-0.39, 0.29) is 0 Å². The van der Waals surface area contributed by atoms with E-state index in [4.69, 9.17) is 0 Å². The van der Waals surface area contributed by atoms with Crippen molar-refractivity contribution in [1.82, 2.24) is 5.32 Å². The Morgan fingerprint density at radius 3 is 2.09 bits per heavy atom. The summed E-state index contributed by atoms with van der Waals surface area (Å²) in [5.74, 6) is -1.33. The number of halogens is 3. The number of carbonyl (C=O) groups is 1. The molecule has 0 rings (SSSR count). The van der Waals surface area contributed by atoms with Crippen LogP contribution in [0.25, 0.3) is 0 Å². The number of alkyl halides is 3. The van der Waals surface area contributed by atoms with Crippen LogP contribution in [-0.4, -0.2) is 32.3 Å². The van der Waals surface area contributed by atoms with Gasteiger partial charge in [-0.3, -0.25) is 10.1 Å². The molecule has 0 saturated carbocycles. The van der Waals surface area contributed by atoms with Gasteiger partial charge in [0.15, 0.2) is 0 Å². The van der Waals surface area contributed by atoms with Crippen LogP contribution < -0.4 is 5.32 Å². The molecule has 3 nitrogen and oxygen atoms in total. The minimum atomic E-state index is -4.60. The average Bonchev–Trinajstić information content (AvgIpc) is 1.86. The minimum absolute atomic E-state index is 0.901. The van der Waals surface area contributed by atoms with Gasteiger partial charge < -0.3 is 4.74 Å². The van der Waals surface area contributed by atoms with Crippen molar-refractivity contribution in [1.29, 1.82) is 0 Å². The maximum absolute atomic E-state index is 11.8. The Labute approximate surface area is 61.5 Å². The normalized spacial score (nSPS) is 14.3. The molecule has 0 spiro atoms. The Kier molecular flexibility index (Phi) is 3.31. The molecule has 0 aromatic rings. The van der Waals surface area contributed by atoms with Crippen molar-refractivity contribution in [2.45, 2.75) is 12.2 Å². The molecule has 0 aliphatic rings. The molecule has 0 aliphatic heterocycles. The summed E-state index contributed by atoms with van der Waals surface area (Å²) in [4.78, 5) is 10.4. The molecule has 1 N–H and O–H groups in total. The van der Waals surface area contributed by atoms with Crippen LogP contribution >= 0.6 is 0 Å². The summed E-state index contributed by atoms with van der Waals surface area (Å²) in [6, 6.07) is -2.23. The van der Waals surface area contributed by atoms with E-state index in [0.717, 1.165) is 14.2 Å².